The standard InChI is InChI=1S/C26H19N3O7/c1-15-6-7-18(13-22(15)29(34)35)27-14-16(12-23(27)30)26(33)36-19-10-8-17(9-11-19)28-24(31)20-4-2-3-5-21(20)25(28)32/h2-11,13,16H,12,14H2,1H3/t16-/m0/s1. The van der Waals surface area contributed by atoms with E-state index in [0.29, 0.717) is 28.1 Å². The van der Waals surface area contributed by atoms with Crippen LogP contribution in [0.1, 0.15) is 32.7 Å². The van der Waals surface area contributed by atoms with Crippen LogP contribution in [0.2, 0.25) is 0 Å². The highest BCUT2D eigenvalue weighted by Crippen LogP contribution is 2.32. The van der Waals surface area contributed by atoms with Gasteiger partial charge in [0.1, 0.15) is 5.75 Å². The molecule has 0 unspecified atom stereocenters. The van der Waals surface area contributed by atoms with Gasteiger partial charge < -0.3 is 9.64 Å². The van der Waals surface area contributed by atoms with Crippen LogP contribution in [0.25, 0.3) is 0 Å². The van der Waals surface area contributed by atoms with Gasteiger partial charge >= 0.3 is 5.97 Å². The number of ether oxygens (including phenoxy) is 1. The molecule has 0 N–H and O–H groups in total. The van der Waals surface area contributed by atoms with Crippen molar-refractivity contribution in [1.82, 2.24) is 0 Å². The van der Waals surface area contributed by atoms with Crippen molar-refractivity contribution in [1.29, 1.82) is 0 Å². The minimum Gasteiger partial charge on any atom is -0.426 e. The Labute approximate surface area is 204 Å². The number of esters is 1. The van der Waals surface area contributed by atoms with E-state index in [1.165, 1.54) is 35.2 Å². The number of hydrogen-bond acceptors (Lipinski definition) is 7. The number of benzene rings is 3. The summed E-state index contributed by atoms with van der Waals surface area (Å²) in [6.45, 7) is 1.64. The fourth-order valence-electron chi connectivity index (χ4n) is 4.36. The highest BCUT2D eigenvalue weighted by atomic mass is 16.6. The zero-order chi connectivity index (χ0) is 25.6. The molecule has 0 aromatic heterocycles. The van der Waals surface area contributed by atoms with E-state index in [4.69, 9.17) is 4.74 Å². The van der Waals surface area contributed by atoms with Crippen LogP contribution in [0.15, 0.2) is 66.7 Å². The molecule has 0 bridgehead atoms. The largest absolute Gasteiger partial charge is 0.426 e. The highest BCUT2D eigenvalue weighted by molar-refractivity contribution is 6.34. The summed E-state index contributed by atoms with van der Waals surface area (Å²) in [5.41, 5.74) is 1.70. The van der Waals surface area contributed by atoms with Crippen molar-refractivity contribution in [2.45, 2.75) is 13.3 Å². The van der Waals surface area contributed by atoms with Crippen molar-refractivity contribution in [2.24, 2.45) is 5.92 Å². The van der Waals surface area contributed by atoms with Gasteiger partial charge in [0, 0.05) is 24.6 Å². The number of rotatable bonds is 5. The van der Waals surface area contributed by atoms with E-state index in [9.17, 15) is 29.3 Å². The molecule has 0 saturated carbocycles. The zero-order valence-corrected chi connectivity index (χ0v) is 19.0. The molecule has 0 radical (unpaired) electrons. The number of carbonyl (C=O) groups is 4. The Morgan fingerprint density at radius 2 is 1.56 bits per heavy atom. The number of aryl methyl sites for hydroxylation is 1. The lowest BCUT2D eigenvalue weighted by molar-refractivity contribution is -0.385. The predicted molar refractivity (Wildman–Crippen MR) is 128 cm³/mol. The van der Waals surface area contributed by atoms with Crippen LogP contribution in [-0.4, -0.2) is 35.2 Å². The van der Waals surface area contributed by atoms with E-state index in [1.54, 1.807) is 43.3 Å². The summed E-state index contributed by atoms with van der Waals surface area (Å²) in [7, 11) is 0. The SMILES string of the molecule is Cc1ccc(N2C[C@@H](C(=O)Oc3ccc(N4C(=O)c5ccccc5C4=O)cc3)CC2=O)cc1[N+](=O)[O-]. The summed E-state index contributed by atoms with van der Waals surface area (Å²) in [4.78, 5) is 63.7. The molecule has 0 aliphatic carbocycles. The van der Waals surface area contributed by atoms with E-state index in [0.717, 1.165) is 4.90 Å². The molecule has 2 aliphatic rings. The van der Waals surface area contributed by atoms with E-state index in [-0.39, 0.29) is 30.3 Å². The van der Waals surface area contributed by atoms with E-state index >= 15 is 0 Å². The second-order valence-electron chi connectivity index (χ2n) is 8.54. The van der Waals surface area contributed by atoms with Crippen molar-refractivity contribution in [3.63, 3.8) is 0 Å². The molecular formula is C26H19N3O7. The Morgan fingerprint density at radius 3 is 2.17 bits per heavy atom. The molecule has 36 heavy (non-hydrogen) atoms. The molecular weight excluding hydrogens is 466 g/mol. The minimum atomic E-state index is -0.756. The fourth-order valence-corrected chi connectivity index (χ4v) is 4.36. The first-order valence-electron chi connectivity index (χ1n) is 11.1. The third-order valence-corrected chi connectivity index (χ3v) is 6.27. The molecule has 3 aromatic rings. The van der Waals surface area contributed by atoms with Gasteiger partial charge in [0.05, 0.1) is 33.3 Å². The Kier molecular flexibility index (Phi) is 5.56. The Morgan fingerprint density at radius 1 is 0.944 bits per heavy atom. The lowest BCUT2D eigenvalue weighted by Crippen LogP contribution is -2.29. The Balaban J connectivity index is 1.27. The summed E-state index contributed by atoms with van der Waals surface area (Å²) in [6.07, 6.45) is -0.0897. The number of nitrogens with zero attached hydrogens (tertiary/aromatic N) is 3. The van der Waals surface area contributed by atoms with Crippen LogP contribution < -0.4 is 14.5 Å². The molecule has 3 amide bonds. The third kappa shape index (κ3) is 3.88. The van der Waals surface area contributed by atoms with E-state index in [1.807, 2.05) is 0 Å². The van der Waals surface area contributed by atoms with Gasteiger partial charge in [0.25, 0.3) is 17.5 Å². The quantitative estimate of drug-likeness (QED) is 0.177. The number of carbonyl (C=O) groups excluding carboxylic acids is 4. The molecule has 1 saturated heterocycles. The molecule has 180 valence electrons. The lowest BCUT2D eigenvalue weighted by atomic mass is 10.1. The number of nitro groups is 1. The maximum atomic E-state index is 12.7. The van der Waals surface area contributed by atoms with Crippen LogP contribution in [0.5, 0.6) is 5.75 Å². The molecule has 0 spiro atoms. The van der Waals surface area contributed by atoms with E-state index < -0.39 is 28.6 Å². The maximum Gasteiger partial charge on any atom is 0.316 e. The average Bonchev–Trinajstić information content (AvgIpc) is 3.37. The van der Waals surface area contributed by atoms with Gasteiger partial charge in [-0.25, -0.2) is 4.90 Å². The van der Waals surface area contributed by atoms with Crippen molar-refractivity contribution in [3.05, 3.63) is 93.5 Å². The molecule has 2 aliphatic heterocycles. The summed E-state index contributed by atoms with van der Waals surface area (Å²) in [5, 5.41) is 11.2. The molecule has 1 fully saturated rings. The van der Waals surface area contributed by atoms with Gasteiger partial charge in [-0.2, -0.15) is 0 Å². The third-order valence-electron chi connectivity index (χ3n) is 6.27. The fraction of sp³-hybridized carbons (Fsp3) is 0.154. The van der Waals surface area contributed by atoms with Crippen LogP contribution in [0.4, 0.5) is 17.1 Å². The Bertz CT molecular complexity index is 1410. The van der Waals surface area contributed by atoms with Crippen molar-refractivity contribution in [3.8, 4) is 5.75 Å². The van der Waals surface area contributed by atoms with Crippen LogP contribution >= 0.6 is 0 Å². The number of anilines is 2. The summed E-state index contributed by atoms with van der Waals surface area (Å²) in [5.74, 6) is -2.38. The molecule has 3 aromatic carbocycles. The lowest BCUT2D eigenvalue weighted by Gasteiger charge is -2.17. The first kappa shape index (κ1) is 22.9. The molecule has 10 nitrogen and oxygen atoms in total. The Hall–Kier alpha value is -4.86. The monoisotopic (exact) mass is 485 g/mol. The highest BCUT2D eigenvalue weighted by Gasteiger charge is 2.38. The summed E-state index contributed by atoms with van der Waals surface area (Å²) >= 11 is 0. The second kappa shape index (κ2) is 8.73. The number of hydrogen-bond donors (Lipinski definition) is 0. The number of nitro benzene ring substituents is 1. The van der Waals surface area contributed by atoms with Crippen molar-refractivity contribution in [2.75, 3.05) is 16.3 Å². The van der Waals surface area contributed by atoms with Crippen LogP contribution in [0.3, 0.4) is 0 Å². The number of fused-ring (bicyclic) bond motifs is 1. The second-order valence-corrected chi connectivity index (χ2v) is 8.54. The zero-order valence-electron chi connectivity index (χ0n) is 19.0. The molecule has 1 atom stereocenters. The topological polar surface area (TPSA) is 127 Å². The first-order valence-corrected chi connectivity index (χ1v) is 11.1. The van der Waals surface area contributed by atoms with Gasteiger partial charge in [-0.3, -0.25) is 29.3 Å². The van der Waals surface area contributed by atoms with Gasteiger partial charge in [-0.15, -0.1) is 0 Å². The minimum absolute atomic E-state index is 0.0327. The maximum absolute atomic E-state index is 12.7. The first-order chi connectivity index (χ1) is 17.2. The van der Waals surface area contributed by atoms with Gasteiger partial charge in [0.2, 0.25) is 5.91 Å². The van der Waals surface area contributed by atoms with Crippen molar-refractivity contribution >= 4 is 40.8 Å². The number of amides is 3. The van der Waals surface area contributed by atoms with Crippen LogP contribution in [0, 0.1) is 23.0 Å². The van der Waals surface area contributed by atoms with Crippen molar-refractivity contribution < 1.29 is 28.8 Å². The van der Waals surface area contributed by atoms with Gasteiger partial charge in [0.15, 0.2) is 0 Å². The van der Waals surface area contributed by atoms with Gasteiger partial charge in [-0.05, 0) is 49.4 Å². The number of imide groups is 1. The molecule has 2 heterocycles. The summed E-state index contributed by atoms with van der Waals surface area (Å²) < 4.78 is 5.43. The molecule has 10 heteroatoms. The molecule has 5 rings (SSSR count). The normalized spacial score (nSPS) is 16.9. The summed E-state index contributed by atoms with van der Waals surface area (Å²) in [6, 6.07) is 17.0. The smallest absolute Gasteiger partial charge is 0.316 e. The van der Waals surface area contributed by atoms with E-state index in [2.05, 4.69) is 0 Å². The van der Waals surface area contributed by atoms with Crippen LogP contribution in [-0.2, 0) is 9.59 Å². The van der Waals surface area contributed by atoms with Gasteiger partial charge in [-0.1, -0.05) is 18.2 Å². The average molecular weight is 485 g/mol. The predicted octanol–water partition coefficient (Wildman–Crippen LogP) is 3.66.